The number of carbonyl (C=O) groups excluding carboxylic acids is 1. The van der Waals surface area contributed by atoms with E-state index in [1.807, 2.05) is 0 Å². The van der Waals surface area contributed by atoms with Crippen LogP contribution in [-0.4, -0.2) is 24.2 Å². The summed E-state index contributed by atoms with van der Waals surface area (Å²) in [6.45, 7) is 2.66. The predicted molar refractivity (Wildman–Crippen MR) is 56.5 cm³/mol. The van der Waals surface area contributed by atoms with Gasteiger partial charge in [0.1, 0.15) is 0 Å². The van der Waals surface area contributed by atoms with Gasteiger partial charge in [0.25, 0.3) is 6.47 Å². The van der Waals surface area contributed by atoms with Crippen molar-refractivity contribution in [1.82, 2.24) is 0 Å². The maximum Gasteiger partial charge on any atom is 0.303 e. The molecule has 1 fully saturated rings. The molecule has 1 rings (SSSR count). The van der Waals surface area contributed by atoms with Gasteiger partial charge < -0.3 is 9.84 Å². The van der Waals surface area contributed by atoms with Gasteiger partial charge in [0.15, 0.2) is 0 Å². The van der Waals surface area contributed by atoms with Crippen molar-refractivity contribution in [3.8, 4) is 0 Å². The molecule has 0 radical (unpaired) electrons. The average Bonchev–Trinajstić information content (AvgIpc) is 2.20. The van der Waals surface area contributed by atoms with Crippen LogP contribution in [0.4, 0.5) is 0 Å². The summed E-state index contributed by atoms with van der Waals surface area (Å²) in [6.07, 6.45) is 6.42. The first-order chi connectivity index (χ1) is 7.20. The van der Waals surface area contributed by atoms with Crippen molar-refractivity contribution in [1.29, 1.82) is 0 Å². The molecule has 0 aromatic heterocycles. The van der Waals surface area contributed by atoms with Crippen LogP contribution in [0, 0.1) is 5.92 Å². The van der Waals surface area contributed by atoms with E-state index >= 15 is 0 Å². The molecule has 15 heavy (non-hydrogen) atoms. The summed E-state index contributed by atoms with van der Waals surface area (Å²) in [6, 6.07) is 0. The Morgan fingerprint density at radius 3 is 2.33 bits per heavy atom. The van der Waals surface area contributed by atoms with E-state index in [2.05, 4.69) is 4.74 Å². The molecule has 0 aromatic rings. The van der Waals surface area contributed by atoms with E-state index in [0.29, 0.717) is 25.4 Å². The number of carboxylic acid groups (broad SMARTS) is 1. The van der Waals surface area contributed by atoms with E-state index in [4.69, 9.17) is 5.11 Å². The fourth-order valence-corrected chi connectivity index (χ4v) is 1.71. The van der Waals surface area contributed by atoms with Crippen LogP contribution in [0.5, 0.6) is 0 Å². The Labute approximate surface area is 90.6 Å². The molecular weight excluding hydrogens is 196 g/mol. The summed E-state index contributed by atoms with van der Waals surface area (Å²) in [5, 5.41) is 8.47. The van der Waals surface area contributed by atoms with Crippen molar-refractivity contribution in [2.24, 2.45) is 5.92 Å². The molecule has 4 nitrogen and oxygen atoms in total. The minimum absolute atomic E-state index is 0.389. The molecule has 0 aromatic carbocycles. The number of hydrogen-bond donors (Lipinski definition) is 1. The fourth-order valence-electron chi connectivity index (χ4n) is 1.71. The van der Waals surface area contributed by atoms with Crippen LogP contribution in [0.25, 0.3) is 0 Å². The maximum atomic E-state index is 10.3. The van der Waals surface area contributed by atoms with Gasteiger partial charge in [-0.2, -0.15) is 0 Å². The Morgan fingerprint density at radius 1 is 1.40 bits per heavy atom. The van der Waals surface area contributed by atoms with Crippen molar-refractivity contribution in [2.45, 2.75) is 45.4 Å². The molecule has 1 N–H and O–H groups in total. The van der Waals surface area contributed by atoms with E-state index in [9.17, 15) is 9.59 Å². The molecule has 0 bridgehead atoms. The molecule has 0 unspecified atom stereocenters. The lowest BCUT2D eigenvalue weighted by atomic mass is 9.87. The topological polar surface area (TPSA) is 63.6 Å². The zero-order valence-corrected chi connectivity index (χ0v) is 9.28. The van der Waals surface area contributed by atoms with Gasteiger partial charge >= 0.3 is 5.97 Å². The van der Waals surface area contributed by atoms with Crippen molar-refractivity contribution < 1.29 is 19.4 Å². The van der Waals surface area contributed by atoms with Gasteiger partial charge in [-0.1, -0.05) is 19.3 Å². The van der Waals surface area contributed by atoms with Gasteiger partial charge in [-0.05, 0) is 25.7 Å². The summed E-state index contributed by atoms with van der Waals surface area (Å²) < 4.78 is 4.15. The Kier molecular flexibility index (Phi) is 8.82. The first-order valence-electron chi connectivity index (χ1n) is 5.47. The summed E-state index contributed by atoms with van der Waals surface area (Å²) in [5.41, 5.74) is 0. The SMILES string of the molecule is CCOC=O.O=C(O)CC1CCCCC1. The number of aliphatic carboxylic acids is 1. The average molecular weight is 216 g/mol. The first-order valence-corrected chi connectivity index (χ1v) is 5.47. The predicted octanol–water partition coefficient (Wildman–Crippen LogP) is 2.22. The quantitative estimate of drug-likeness (QED) is 0.732. The molecule has 1 aliphatic carbocycles. The molecule has 88 valence electrons. The van der Waals surface area contributed by atoms with Crippen molar-refractivity contribution in [3.05, 3.63) is 0 Å². The molecular formula is C11H20O4. The fraction of sp³-hybridized carbons (Fsp3) is 0.818. The third-order valence-corrected chi connectivity index (χ3v) is 2.42. The smallest absolute Gasteiger partial charge is 0.303 e. The molecule has 1 saturated carbocycles. The Bertz CT molecular complexity index is 173. The van der Waals surface area contributed by atoms with Gasteiger partial charge in [0.05, 0.1) is 6.61 Å². The van der Waals surface area contributed by atoms with Crippen LogP contribution in [0.2, 0.25) is 0 Å². The lowest BCUT2D eigenvalue weighted by Crippen LogP contribution is -2.10. The maximum absolute atomic E-state index is 10.3. The van der Waals surface area contributed by atoms with Gasteiger partial charge in [-0.25, -0.2) is 0 Å². The van der Waals surface area contributed by atoms with E-state index in [1.54, 1.807) is 6.92 Å². The highest BCUT2D eigenvalue weighted by Crippen LogP contribution is 2.25. The minimum atomic E-state index is -0.632. The van der Waals surface area contributed by atoms with Crippen molar-refractivity contribution in [2.75, 3.05) is 6.61 Å². The van der Waals surface area contributed by atoms with Gasteiger partial charge in [0, 0.05) is 6.42 Å². The Balaban J connectivity index is 0.000000336. The van der Waals surface area contributed by atoms with Crippen LogP contribution in [-0.2, 0) is 14.3 Å². The van der Waals surface area contributed by atoms with E-state index in [-0.39, 0.29) is 0 Å². The summed E-state index contributed by atoms with van der Waals surface area (Å²) in [4.78, 5) is 19.5. The number of hydrogen-bond acceptors (Lipinski definition) is 3. The van der Waals surface area contributed by atoms with Gasteiger partial charge in [-0.15, -0.1) is 0 Å². The van der Waals surface area contributed by atoms with E-state index in [1.165, 1.54) is 19.3 Å². The van der Waals surface area contributed by atoms with E-state index in [0.717, 1.165) is 12.8 Å². The lowest BCUT2D eigenvalue weighted by molar-refractivity contribution is -0.138. The molecule has 0 saturated heterocycles. The Hall–Kier alpha value is -1.06. The third kappa shape index (κ3) is 9.25. The lowest BCUT2D eigenvalue weighted by Gasteiger charge is -2.18. The van der Waals surface area contributed by atoms with Crippen LogP contribution in [0.3, 0.4) is 0 Å². The molecule has 1 aliphatic rings. The van der Waals surface area contributed by atoms with Gasteiger partial charge in [0.2, 0.25) is 0 Å². The molecule has 0 aliphatic heterocycles. The summed E-state index contributed by atoms with van der Waals surface area (Å²) in [7, 11) is 0. The largest absolute Gasteiger partial charge is 0.481 e. The second-order valence-electron chi connectivity index (χ2n) is 3.65. The Morgan fingerprint density at radius 2 is 2.00 bits per heavy atom. The number of carboxylic acids is 1. The van der Waals surface area contributed by atoms with Crippen molar-refractivity contribution in [3.63, 3.8) is 0 Å². The molecule has 0 heterocycles. The first kappa shape index (κ1) is 13.9. The normalized spacial score (nSPS) is 16.1. The van der Waals surface area contributed by atoms with E-state index < -0.39 is 5.97 Å². The number of ether oxygens (including phenoxy) is 1. The highest BCUT2D eigenvalue weighted by molar-refractivity contribution is 5.66. The summed E-state index contributed by atoms with van der Waals surface area (Å²) in [5.74, 6) is -0.154. The molecule has 0 atom stereocenters. The van der Waals surface area contributed by atoms with Crippen LogP contribution >= 0.6 is 0 Å². The summed E-state index contributed by atoms with van der Waals surface area (Å²) >= 11 is 0. The highest BCUT2D eigenvalue weighted by Gasteiger charge is 2.15. The second kappa shape index (κ2) is 9.49. The molecule has 4 heteroatoms. The number of rotatable bonds is 4. The van der Waals surface area contributed by atoms with Crippen LogP contribution < -0.4 is 0 Å². The minimum Gasteiger partial charge on any atom is -0.481 e. The second-order valence-corrected chi connectivity index (χ2v) is 3.65. The highest BCUT2D eigenvalue weighted by atomic mass is 16.5. The van der Waals surface area contributed by atoms with Crippen molar-refractivity contribution >= 4 is 12.4 Å². The molecule has 0 amide bonds. The van der Waals surface area contributed by atoms with Crippen LogP contribution in [0.15, 0.2) is 0 Å². The monoisotopic (exact) mass is 216 g/mol. The van der Waals surface area contributed by atoms with Gasteiger partial charge in [-0.3, -0.25) is 9.59 Å². The standard InChI is InChI=1S/C8H14O2.C3H6O2/c9-8(10)6-7-4-2-1-3-5-7;1-2-5-3-4/h7H,1-6H2,(H,9,10);3H,2H2,1H3. The third-order valence-electron chi connectivity index (χ3n) is 2.42. The number of carbonyl (C=O) groups is 2. The zero-order valence-electron chi connectivity index (χ0n) is 9.28. The zero-order chi connectivity index (χ0) is 11.5. The molecule has 0 spiro atoms. The van der Waals surface area contributed by atoms with Crippen LogP contribution in [0.1, 0.15) is 45.4 Å².